The first-order valence-electron chi connectivity index (χ1n) is 2.90. The molecule has 0 unspecified atom stereocenters. The normalized spacial score (nSPS) is 8.60. The van der Waals surface area contributed by atoms with E-state index in [0.29, 0.717) is 13.2 Å². The summed E-state index contributed by atoms with van der Waals surface area (Å²) in [6.45, 7) is 6.08. The maximum absolute atomic E-state index is 10.6. The number of rotatable bonds is 3. The van der Waals surface area contributed by atoms with Crippen LogP contribution in [0.2, 0.25) is 0 Å². The van der Waals surface area contributed by atoms with Gasteiger partial charge >= 0.3 is 6.09 Å². The summed E-state index contributed by atoms with van der Waals surface area (Å²) in [6, 6.07) is 0. The number of halogens is 1. The Hall–Kier alpha value is -0.510. The Morgan fingerprint density at radius 1 is 1.80 bits per heavy atom. The number of carbonyl (C=O) groups is 1. The van der Waals surface area contributed by atoms with Crippen LogP contribution in [-0.2, 0) is 4.74 Å². The van der Waals surface area contributed by atoms with Crippen LogP contribution in [0.5, 0.6) is 0 Å². The molecule has 0 aromatic carbocycles. The lowest BCUT2D eigenvalue weighted by Crippen LogP contribution is -2.25. The van der Waals surface area contributed by atoms with Gasteiger partial charge in [0, 0.05) is 4.48 Å². The van der Waals surface area contributed by atoms with Gasteiger partial charge in [-0.3, -0.25) is 0 Å². The Bertz CT molecular complexity index is 136. The lowest BCUT2D eigenvalue weighted by atomic mass is 10.6. The first-order chi connectivity index (χ1) is 4.66. The Kier molecular flexibility index (Phi) is 5.02. The van der Waals surface area contributed by atoms with Gasteiger partial charge in [0.2, 0.25) is 0 Å². The molecule has 10 heavy (non-hydrogen) atoms. The van der Waals surface area contributed by atoms with Gasteiger partial charge in [-0.25, -0.2) is 4.79 Å². The third-order valence-corrected chi connectivity index (χ3v) is 0.980. The first kappa shape index (κ1) is 9.49. The molecule has 0 rings (SSSR count). The van der Waals surface area contributed by atoms with Gasteiger partial charge in [0.1, 0.15) is 0 Å². The summed E-state index contributed by atoms with van der Waals surface area (Å²) in [6.07, 6.45) is -0.414. The zero-order chi connectivity index (χ0) is 7.98. The summed E-state index contributed by atoms with van der Waals surface area (Å²) in [7, 11) is 0. The molecule has 0 aliphatic rings. The predicted molar refractivity (Wildman–Crippen MR) is 43.1 cm³/mol. The first-order valence-corrected chi connectivity index (χ1v) is 3.70. The fourth-order valence-electron chi connectivity index (χ4n) is 0.350. The van der Waals surface area contributed by atoms with Crippen molar-refractivity contribution in [2.75, 3.05) is 13.2 Å². The molecule has 0 aromatic heterocycles. The van der Waals surface area contributed by atoms with E-state index in [1.807, 2.05) is 0 Å². The number of carbonyl (C=O) groups excluding carboxylic acids is 1. The number of hydrogen-bond acceptors (Lipinski definition) is 2. The number of alkyl carbamates (subject to hydrolysis) is 1. The van der Waals surface area contributed by atoms with Crippen LogP contribution in [0.1, 0.15) is 6.92 Å². The quantitative estimate of drug-likeness (QED) is 0.765. The highest BCUT2D eigenvalue weighted by atomic mass is 79.9. The lowest BCUT2D eigenvalue weighted by molar-refractivity contribution is 0.153. The molecule has 0 aliphatic heterocycles. The summed E-state index contributed by atoms with van der Waals surface area (Å²) >= 11 is 3.09. The van der Waals surface area contributed by atoms with Gasteiger partial charge < -0.3 is 10.1 Å². The molecule has 0 atom stereocenters. The fraction of sp³-hybridized carbons (Fsp3) is 0.500. The Labute approximate surface area is 68.6 Å². The van der Waals surface area contributed by atoms with Crippen LogP contribution in [-0.4, -0.2) is 19.2 Å². The zero-order valence-electron chi connectivity index (χ0n) is 5.82. The highest BCUT2D eigenvalue weighted by molar-refractivity contribution is 9.11. The maximum Gasteiger partial charge on any atom is 0.407 e. The smallest absolute Gasteiger partial charge is 0.407 e. The monoisotopic (exact) mass is 207 g/mol. The second kappa shape index (κ2) is 5.29. The van der Waals surface area contributed by atoms with Gasteiger partial charge in [0.05, 0.1) is 13.2 Å². The van der Waals surface area contributed by atoms with Crippen molar-refractivity contribution >= 4 is 22.0 Å². The third-order valence-electron chi connectivity index (χ3n) is 0.700. The molecule has 1 amide bonds. The summed E-state index contributed by atoms with van der Waals surface area (Å²) in [5, 5.41) is 2.48. The largest absolute Gasteiger partial charge is 0.450 e. The summed E-state index contributed by atoms with van der Waals surface area (Å²) in [5.74, 6) is 0. The van der Waals surface area contributed by atoms with Crippen LogP contribution in [0, 0.1) is 0 Å². The Morgan fingerprint density at radius 2 is 2.40 bits per heavy atom. The van der Waals surface area contributed by atoms with Crippen LogP contribution in [0.15, 0.2) is 11.1 Å². The molecule has 0 saturated carbocycles. The van der Waals surface area contributed by atoms with Crippen LogP contribution >= 0.6 is 15.9 Å². The molecule has 0 aliphatic carbocycles. The molecule has 0 spiro atoms. The molecule has 0 radical (unpaired) electrons. The van der Waals surface area contributed by atoms with Gasteiger partial charge in [-0.1, -0.05) is 22.5 Å². The van der Waals surface area contributed by atoms with Crippen LogP contribution in [0.25, 0.3) is 0 Å². The number of hydrogen-bond donors (Lipinski definition) is 1. The molecule has 3 nitrogen and oxygen atoms in total. The number of amides is 1. The van der Waals surface area contributed by atoms with Crippen molar-refractivity contribution in [1.29, 1.82) is 0 Å². The van der Waals surface area contributed by atoms with E-state index >= 15 is 0 Å². The van der Waals surface area contributed by atoms with Crippen LogP contribution in [0.3, 0.4) is 0 Å². The van der Waals surface area contributed by atoms with Crippen molar-refractivity contribution in [2.45, 2.75) is 6.92 Å². The standard InChI is InChI=1S/C6H10BrNO2/c1-3-10-6(9)8-4-5(2)7/h2-4H2,1H3,(H,8,9). The molecule has 0 fully saturated rings. The molecular formula is C6H10BrNO2. The third kappa shape index (κ3) is 5.62. The van der Waals surface area contributed by atoms with E-state index in [1.54, 1.807) is 6.92 Å². The highest BCUT2D eigenvalue weighted by Crippen LogP contribution is 1.96. The van der Waals surface area contributed by atoms with Crippen LogP contribution < -0.4 is 5.32 Å². The van der Waals surface area contributed by atoms with E-state index in [-0.39, 0.29) is 0 Å². The second-order valence-corrected chi connectivity index (χ2v) is 2.71. The lowest BCUT2D eigenvalue weighted by Gasteiger charge is -2.02. The van der Waals surface area contributed by atoms with E-state index in [9.17, 15) is 4.79 Å². The molecule has 0 saturated heterocycles. The molecule has 58 valence electrons. The van der Waals surface area contributed by atoms with Gasteiger partial charge in [0.25, 0.3) is 0 Å². The molecule has 0 bridgehead atoms. The van der Waals surface area contributed by atoms with Crippen molar-refractivity contribution in [3.8, 4) is 0 Å². The highest BCUT2D eigenvalue weighted by Gasteiger charge is 1.97. The average Bonchev–Trinajstić information content (AvgIpc) is 1.85. The predicted octanol–water partition coefficient (Wildman–Crippen LogP) is 1.64. The van der Waals surface area contributed by atoms with Crippen molar-refractivity contribution in [1.82, 2.24) is 5.32 Å². The van der Waals surface area contributed by atoms with Crippen molar-refractivity contribution in [2.24, 2.45) is 0 Å². The molecule has 1 N–H and O–H groups in total. The van der Waals surface area contributed by atoms with Crippen molar-refractivity contribution < 1.29 is 9.53 Å². The van der Waals surface area contributed by atoms with E-state index in [4.69, 9.17) is 0 Å². The van der Waals surface area contributed by atoms with Gasteiger partial charge in [-0.15, -0.1) is 0 Å². The van der Waals surface area contributed by atoms with E-state index in [2.05, 4.69) is 32.6 Å². The van der Waals surface area contributed by atoms with Gasteiger partial charge in [-0.2, -0.15) is 0 Å². The van der Waals surface area contributed by atoms with E-state index < -0.39 is 6.09 Å². The molecule has 0 heterocycles. The fourth-order valence-corrected chi connectivity index (χ4v) is 0.490. The minimum Gasteiger partial charge on any atom is -0.450 e. The summed E-state index contributed by atoms with van der Waals surface area (Å²) < 4.78 is 5.30. The van der Waals surface area contributed by atoms with E-state index in [1.165, 1.54) is 0 Å². The van der Waals surface area contributed by atoms with E-state index in [0.717, 1.165) is 4.48 Å². The topological polar surface area (TPSA) is 38.3 Å². The average molecular weight is 208 g/mol. The maximum atomic E-state index is 10.6. The number of ether oxygens (including phenoxy) is 1. The molecular weight excluding hydrogens is 198 g/mol. The summed E-state index contributed by atoms with van der Waals surface area (Å²) in [5.41, 5.74) is 0. The minimum atomic E-state index is -0.414. The zero-order valence-corrected chi connectivity index (χ0v) is 7.40. The van der Waals surface area contributed by atoms with Crippen molar-refractivity contribution in [3.63, 3.8) is 0 Å². The molecule has 4 heteroatoms. The second-order valence-electron chi connectivity index (χ2n) is 1.59. The Morgan fingerprint density at radius 3 is 2.80 bits per heavy atom. The van der Waals surface area contributed by atoms with Gasteiger partial charge in [-0.05, 0) is 6.92 Å². The van der Waals surface area contributed by atoms with Crippen molar-refractivity contribution in [3.05, 3.63) is 11.1 Å². The Balaban J connectivity index is 3.30. The number of nitrogens with one attached hydrogen (secondary N) is 1. The minimum absolute atomic E-state index is 0.389. The SMILES string of the molecule is C=C(Br)CNC(=O)OCC. The van der Waals surface area contributed by atoms with Gasteiger partial charge in [0.15, 0.2) is 0 Å². The summed E-state index contributed by atoms with van der Waals surface area (Å²) in [4.78, 5) is 10.6. The molecule has 0 aromatic rings. The van der Waals surface area contributed by atoms with Crippen LogP contribution in [0.4, 0.5) is 4.79 Å².